The topological polar surface area (TPSA) is 33.1 Å². The summed E-state index contributed by atoms with van der Waals surface area (Å²) < 4.78 is 0. The molecule has 1 aromatic heterocycles. The maximum atomic E-state index is 10.7. The number of hydrogen-bond donors (Lipinski definition) is 1. The van der Waals surface area contributed by atoms with E-state index in [1.165, 1.54) is 11.1 Å². The molecule has 1 N–H and O–H groups in total. The molecule has 104 valence electrons. The Hall–Kier alpha value is -2.19. The van der Waals surface area contributed by atoms with E-state index < -0.39 is 6.10 Å². The molecule has 0 amide bonds. The van der Waals surface area contributed by atoms with E-state index >= 15 is 0 Å². The summed E-state index contributed by atoms with van der Waals surface area (Å²) in [6.45, 7) is 1.99. The molecule has 1 heterocycles. The number of aliphatic hydroxyl groups is 1. The highest BCUT2D eigenvalue weighted by atomic mass is 16.3. The number of fused-ring (bicyclic) bond motifs is 2. The Morgan fingerprint density at radius 1 is 1.10 bits per heavy atom. The van der Waals surface area contributed by atoms with Gasteiger partial charge < -0.3 is 5.11 Å². The lowest BCUT2D eigenvalue weighted by Crippen LogP contribution is -2.23. The van der Waals surface area contributed by atoms with E-state index in [-0.39, 0.29) is 5.92 Å². The number of nitrogens with zero attached hydrogens (tertiary/aromatic N) is 1. The fourth-order valence-corrected chi connectivity index (χ4v) is 3.24. The van der Waals surface area contributed by atoms with E-state index in [0.717, 1.165) is 28.6 Å². The van der Waals surface area contributed by atoms with Crippen molar-refractivity contribution in [2.75, 3.05) is 0 Å². The summed E-state index contributed by atoms with van der Waals surface area (Å²) in [6, 6.07) is 18.5. The highest BCUT2D eigenvalue weighted by Gasteiger charge is 2.32. The number of aromatic nitrogens is 1. The van der Waals surface area contributed by atoms with Crippen LogP contribution >= 0.6 is 0 Å². The number of hydrogen-bond acceptors (Lipinski definition) is 2. The quantitative estimate of drug-likeness (QED) is 0.769. The van der Waals surface area contributed by atoms with Crippen molar-refractivity contribution in [1.29, 1.82) is 0 Å². The number of aryl methyl sites for hydroxylation is 1. The molecule has 0 radical (unpaired) electrons. The average Bonchev–Trinajstić information content (AvgIpc) is 2.48. The van der Waals surface area contributed by atoms with Crippen LogP contribution in [-0.2, 0) is 6.42 Å². The molecule has 3 aromatic rings. The molecule has 1 aliphatic rings. The number of pyridine rings is 1. The minimum atomic E-state index is -0.439. The summed E-state index contributed by atoms with van der Waals surface area (Å²) in [7, 11) is 0. The van der Waals surface area contributed by atoms with Crippen LogP contribution in [0.1, 0.15) is 34.4 Å². The summed E-state index contributed by atoms with van der Waals surface area (Å²) in [5.41, 5.74) is 5.63. The fourth-order valence-electron chi connectivity index (χ4n) is 3.24. The SMILES string of the molecule is Cc1ccc2cc(C(O)C3Cc4ccccc43)ccc2n1. The molecule has 2 nitrogen and oxygen atoms in total. The van der Waals surface area contributed by atoms with E-state index in [2.05, 4.69) is 35.3 Å². The molecular weight excluding hydrogens is 258 g/mol. The summed E-state index contributed by atoms with van der Waals surface area (Å²) in [5, 5.41) is 11.8. The van der Waals surface area contributed by atoms with Gasteiger partial charge in [-0.3, -0.25) is 4.98 Å². The zero-order valence-corrected chi connectivity index (χ0v) is 12.0. The largest absolute Gasteiger partial charge is 0.388 e. The molecule has 0 aliphatic heterocycles. The summed E-state index contributed by atoms with van der Waals surface area (Å²) in [5.74, 6) is 0.219. The van der Waals surface area contributed by atoms with Gasteiger partial charge in [0.25, 0.3) is 0 Å². The van der Waals surface area contributed by atoms with Gasteiger partial charge in [0, 0.05) is 17.0 Å². The van der Waals surface area contributed by atoms with Gasteiger partial charge in [0.15, 0.2) is 0 Å². The molecule has 0 spiro atoms. The number of benzene rings is 2. The third-order valence-corrected chi connectivity index (χ3v) is 4.47. The molecule has 0 bridgehead atoms. The van der Waals surface area contributed by atoms with Crippen LogP contribution in [0.4, 0.5) is 0 Å². The minimum absolute atomic E-state index is 0.219. The van der Waals surface area contributed by atoms with Gasteiger partial charge in [-0.1, -0.05) is 36.4 Å². The van der Waals surface area contributed by atoms with Gasteiger partial charge in [0.2, 0.25) is 0 Å². The van der Waals surface area contributed by atoms with Gasteiger partial charge in [-0.15, -0.1) is 0 Å². The first-order valence-electron chi connectivity index (χ1n) is 7.35. The van der Waals surface area contributed by atoms with Crippen molar-refractivity contribution in [3.63, 3.8) is 0 Å². The third-order valence-electron chi connectivity index (χ3n) is 4.47. The highest BCUT2D eigenvalue weighted by molar-refractivity contribution is 5.79. The average molecular weight is 275 g/mol. The second-order valence-electron chi connectivity index (χ2n) is 5.86. The van der Waals surface area contributed by atoms with Crippen molar-refractivity contribution in [2.24, 2.45) is 0 Å². The Morgan fingerprint density at radius 2 is 1.95 bits per heavy atom. The molecule has 2 aromatic carbocycles. The standard InChI is InChI=1S/C19H17NO/c1-12-6-7-14-10-15(8-9-18(14)20-12)19(21)17-11-13-4-2-3-5-16(13)17/h2-10,17,19,21H,11H2,1H3. The van der Waals surface area contributed by atoms with Gasteiger partial charge in [0.1, 0.15) is 0 Å². The Labute approximate surface area is 124 Å². The maximum absolute atomic E-state index is 10.7. The molecule has 1 aliphatic carbocycles. The Bertz CT molecular complexity index is 825. The summed E-state index contributed by atoms with van der Waals surface area (Å²) in [4.78, 5) is 4.51. The zero-order chi connectivity index (χ0) is 14.4. The van der Waals surface area contributed by atoms with E-state index in [0.29, 0.717) is 0 Å². The van der Waals surface area contributed by atoms with Crippen molar-refractivity contribution >= 4 is 10.9 Å². The van der Waals surface area contributed by atoms with Crippen molar-refractivity contribution in [2.45, 2.75) is 25.4 Å². The first-order valence-corrected chi connectivity index (χ1v) is 7.35. The molecule has 2 atom stereocenters. The van der Waals surface area contributed by atoms with E-state index in [1.807, 2.05) is 31.2 Å². The molecule has 0 saturated heterocycles. The Kier molecular flexibility index (Phi) is 2.79. The lowest BCUT2D eigenvalue weighted by Gasteiger charge is -2.34. The maximum Gasteiger partial charge on any atom is 0.0862 e. The first-order chi connectivity index (χ1) is 10.2. The monoisotopic (exact) mass is 275 g/mol. The van der Waals surface area contributed by atoms with E-state index in [9.17, 15) is 5.11 Å². The van der Waals surface area contributed by atoms with Crippen LogP contribution in [0.5, 0.6) is 0 Å². The minimum Gasteiger partial charge on any atom is -0.388 e. The normalized spacial score (nSPS) is 18.1. The number of aliphatic hydroxyl groups excluding tert-OH is 1. The lowest BCUT2D eigenvalue weighted by molar-refractivity contribution is 0.135. The molecule has 0 fully saturated rings. The van der Waals surface area contributed by atoms with Gasteiger partial charge in [0.05, 0.1) is 11.6 Å². The predicted octanol–water partition coefficient (Wildman–Crippen LogP) is 3.92. The molecule has 2 unspecified atom stereocenters. The van der Waals surface area contributed by atoms with Crippen LogP contribution in [0.3, 0.4) is 0 Å². The van der Waals surface area contributed by atoms with Crippen molar-refractivity contribution in [3.05, 3.63) is 77.0 Å². The molecule has 2 heteroatoms. The van der Waals surface area contributed by atoms with Gasteiger partial charge in [-0.05, 0) is 48.2 Å². The van der Waals surface area contributed by atoms with Gasteiger partial charge in [-0.2, -0.15) is 0 Å². The summed E-state index contributed by atoms with van der Waals surface area (Å²) >= 11 is 0. The molecule has 0 saturated carbocycles. The van der Waals surface area contributed by atoms with Crippen molar-refractivity contribution in [1.82, 2.24) is 4.98 Å². The smallest absolute Gasteiger partial charge is 0.0862 e. The van der Waals surface area contributed by atoms with E-state index in [4.69, 9.17) is 0 Å². The van der Waals surface area contributed by atoms with Crippen molar-refractivity contribution in [3.8, 4) is 0 Å². The van der Waals surface area contributed by atoms with Crippen LogP contribution in [0.15, 0.2) is 54.6 Å². The molecule has 4 rings (SSSR count). The summed E-state index contributed by atoms with van der Waals surface area (Å²) in [6.07, 6.45) is 0.521. The lowest BCUT2D eigenvalue weighted by atomic mass is 9.73. The second kappa shape index (κ2) is 4.68. The van der Waals surface area contributed by atoms with Crippen LogP contribution in [0.25, 0.3) is 10.9 Å². The second-order valence-corrected chi connectivity index (χ2v) is 5.86. The van der Waals surface area contributed by atoms with Crippen LogP contribution in [-0.4, -0.2) is 10.1 Å². The van der Waals surface area contributed by atoms with Gasteiger partial charge >= 0.3 is 0 Å². The first kappa shape index (κ1) is 12.5. The molecule has 21 heavy (non-hydrogen) atoms. The van der Waals surface area contributed by atoms with Gasteiger partial charge in [-0.25, -0.2) is 0 Å². The van der Waals surface area contributed by atoms with E-state index in [1.54, 1.807) is 0 Å². The highest BCUT2D eigenvalue weighted by Crippen LogP contribution is 2.43. The van der Waals surface area contributed by atoms with Crippen molar-refractivity contribution < 1.29 is 5.11 Å². The predicted molar refractivity (Wildman–Crippen MR) is 84.3 cm³/mol. The number of rotatable bonds is 2. The van der Waals surface area contributed by atoms with Crippen LogP contribution in [0, 0.1) is 6.92 Å². The molecular formula is C19H17NO. The van der Waals surface area contributed by atoms with Crippen LogP contribution < -0.4 is 0 Å². The third kappa shape index (κ3) is 2.03. The Morgan fingerprint density at radius 3 is 2.81 bits per heavy atom. The fraction of sp³-hybridized carbons (Fsp3) is 0.211. The Balaban J connectivity index is 1.69. The van der Waals surface area contributed by atoms with Crippen LogP contribution in [0.2, 0.25) is 0 Å². The zero-order valence-electron chi connectivity index (χ0n) is 12.0.